The molecule has 0 spiro atoms. The molecule has 7 nitrogen and oxygen atoms in total. The second kappa shape index (κ2) is 10.0. The number of aryl methyl sites for hydroxylation is 1. The number of hydrogen-bond donors (Lipinski definition) is 1. The fourth-order valence-corrected chi connectivity index (χ4v) is 7.50. The first kappa shape index (κ1) is 22.0. The number of thioether (sulfide) groups is 1. The minimum absolute atomic E-state index is 0.0820. The van der Waals surface area contributed by atoms with Crippen LogP contribution >= 0.6 is 34.4 Å². The molecule has 3 aromatic rings. The molecule has 1 saturated carbocycles. The van der Waals surface area contributed by atoms with Crippen molar-refractivity contribution < 1.29 is 4.79 Å². The average molecular weight is 489 g/mol. The van der Waals surface area contributed by atoms with Crippen LogP contribution in [0.15, 0.2) is 10.5 Å². The standard InChI is InChI=1S/C22H28N6OS3/c1-2-28-19(16-12-30-17-11-7-6-10-15(16)17)24-27-22(28)31-13-18(29)23-21-26-25-20(32-21)14-8-4-3-5-9-14/h12,14H,2-11,13H2,1H3,(H,23,26,29). The lowest BCUT2D eigenvalue weighted by Gasteiger charge is -2.18. The molecule has 2 aliphatic rings. The van der Waals surface area contributed by atoms with Crippen molar-refractivity contribution >= 4 is 45.5 Å². The molecular formula is C22H28N6OS3. The molecule has 0 atom stereocenters. The van der Waals surface area contributed by atoms with Crippen molar-refractivity contribution in [2.45, 2.75) is 82.3 Å². The highest BCUT2D eigenvalue weighted by atomic mass is 32.2. The molecule has 0 unspecified atom stereocenters. The number of carbonyl (C=O) groups is 1. The Bertz CT molecular complexity index is 1080. The van der Waals surface area contributed by atoms with Gasteiger partial charge in [-0.25, -0.2) is 0 Å². The number of hydrogen-bond acceptors (Lipinski definition) is 8. The number of anilines is 1. The first-order valence-corrected chi connectivity index (χ1v) is 14.2. The summed E-state index contributed by atoms with van der Waals surface area (Å²) in [4.78, 5) is 14.0. The minimum Gasteiger partial charge on any atom is -0.302 e. The van der Waals surface area contributed by atoms with Crippen LogP contribution in [0.1, 0.15) is 73.2 Å². The van der Waals surface area contributed by atoms with E-state index in [-0.39, 0.29) is 11.7 Å². The lowest BCUT2D eigenvalue weighted by atomic mass is 9.90. The van der Waals surface area contributed by atoms with E-state index in [1.165, 1.54) is 90.5 Å². The Morgan fingerprint density at radius 3 is 2.81 bits per heavy atom. The summed E-state index contributed by atoms with van der Waals surface area (Å²) in [6, 6.07) is 0. The molecule has 2 aliphatic carbocycles. The summed E-state index contributed by atoms with van der Waals surface area (Å²) < 4.78 is 2.13. The number of fused-ring (bicyclic) bond motifs is 1. The molecule has 3 heterocycles. The number of nitrogens with one attached hydrogen (secondary N) is 1. The number of rotatable bonds is 7. The van der Waals surface area contributed by atoms with E-state index in [4.69, 9.17) is 0 Å². The van der Waals surface area contributed by atoms with E-state index in [9.17, 15) is 4.79 Å². The quantitative estimate of drug-likeness (QED) is 0.440. The molecule has 0 aliphatic heterocycles. The number of nitrogens with zero attached hydrogens (tertiary/aromatic N) is 5. The van der Waals surface area contributed by atoms with E-state index < -0.39 is 0 Å². The summed E-state index contributed by atoms with van der Waals surface area (Å²) in [5.41, 5.74) is 2.67. The Labute approximate surface area is 200 Å². The molecule has 32 heavy (non-hydrogen) atoms. The van der Waals surface area contributed by atoms with Crippen LogP contribution in [0.4, 0.5) is 5.13 Å². The zero-order valence-electron chi connectivity index (χ0n) is 18.3. The summed E-state index contributed by atoms with van der Waals surface area (Å²) in [6.45, 7) is 2.88. The monoisotopic (exact) mass is 488 g/mol. The Balaban J connectivity index is 1.22. The maximum absolute atomic E-state index is 12.5. The van der Waals surface area contributed by atoms with Gasteiger partial charge in [0.05, 0.1) is 5.75 Å². The summed E-state index contributed by atoms with van der Waals surface area (Å²) in [5.74, 6) is 1.63. The molecular weight excluding hydrogens is 460 g/mol. The SMILES string of the molecule is CCn1c(SCC(=O)Nc2nnc(C3CCCCC3)s2)nnc1-c1csc2c1CCCC2. The molecule has 1 fully saturated rings. The van der Waals surface area contributed by atoms with Crippen LogP contribution in [0.25, 0.3) is 11.4 Å². The van der Waals surface area contributed by atoms with E-state index in [1.54, 1.807) is 0 Å². The van der Waals surface area contributed by atoms with Gasteiger partial charge < -0.3 is 4.57 Å². The van der Waals surface area contributed by atoms with E-state index in [2.05, 4.69) is 42.6 Å². The second-order valence-corrected chi connectivity index (χ2v) is 11.3. The van der Waals surface area contributed by atoms with Crippen molar-refractivity contribution in [1.82, 2.24) is 25.0 Å². The molecule has 3 aromatic heterocycles. The van der Waals surface area contributed by atoms with Gasteiger partial charge in [-0.1, -0.05) is 42.4 Å². The van der Waals surface area contributed by atoms with Crippen LogP contribution in [0.2, 0.25) is 0 Å². The van der Waals surface area contributed by atoms with E-state index >= 15 is 0 Å². The van der Waals surface area contributed by atoms with Gasteiger partial charge >= 0.3 is 0 Å². The molecule has 1 amide bonds. The van der Waals surface area contributed by atoms with Crippen LogP contribution in [-0.4, -0.2) is 36.6 Å². The van der Waals surface area contributed by atoms with E-state index in [1.807, 2.05) is 11.3 Å². The van der Waals surface area contributed by atoms with Crippen LogP contribution < -0.4 is 5.32 Å². The van der Waals surface area contributed by atoms with E-state index in [0.717, 1.165) is 29.0 Å². The molecule has 1 N–H and O–H groups in total. The number of carbonyl (C=O) groups excluding carboxylic acids is 1. The fourth-order valence-electron chi connectivity index (χ4n) is 4.65. The molecule has 0 saturated heterocycles. The minimum atomic E-state index is -0.0820. The molecule has 5 rings (SSSR count). The van der Waals surface area contributed by atoms with Gasteiger partial charge in [0.25, 0.3) is 0 Å². The Hall–Kier alpha value is -1.78. The van der Waals surface area contributed by atoms with Crippen LogP contribution in [-0.2, 0) is 24.2 Å². The average Bonchev–Trinajstić information content (AvgIpc) is 3.56. The zero-order valence-corrected chi connectivity index (χ0v) is 20.8. The van der Waals surface area contributed by atoms with Gasteiger partial charge in [-0.15, -0.1) is 31.7 Å². The third kappa shape index (κ3) is 4.63. The summed E-state index contributed by atoms with van der Waals surface area (Å²) >= 11 is 4.79. The van der Waals surface area contributed by atoms with Crippen LogP contribution in [0.3, 0.4) is 0 Å². The summed E-state index contributed by atoms with van der Waals surface area (Å²) in [7, 11) is 0. The predicted octanol–water partition coefficient (Wildman–Crippen LogP) is 5.54. The maximum Gasteiger partial charge on any atom is 0.236 e. The van der Waals surface area contributed by atoms with Gasteiger partial charge in [-0.05, 0) is 51.0 Å². The van der Waals surface area contributed by atoms with Crippen molar-refractivity contribution in [3.05, 3.63) is 20.8 Å². The number of aromatic nitrogens is 5. The first-order valence-electron chi connectivity index (χ1n) is 11.5. The zero-order chi connectivity index (χ0) is 21.9. The Morgan fingerprint density at radius 1 is 1.12 bits per heavy atom. The highest BCUT2D eigenvalue weighted by Gasteiger charge is 2.23. The molecule has 0 aromatic carbocycles. The lowest BCUT2D eigenvalue weighted by molar-refractivity contribution is -0.113. The third-order valence-corrected chi connectivity index (χ3v) is 9.37. The van der Waals surface area contributed by atoms with Gasteiger partial charge in [-0.2, -0.15) is 0 Å². The maximum atomic E-state index is 12.5. The van der Waals surface area contributed by atoms with E-state index in [0.29, 0.717) is 11.0 Å². The normalized spacial score (nSPS) is 16.8. The first-order chi connectivity index (χ1) is 15.7. The van der Waals surface area contributed by atoms with Crippen molar-refractivity contribution in [1.29, 1.82) is 0 Å². The highest BCUT2D eigenvalue weighted by molar-refractivity contribution is 7.99. The largest absolute Gasteiger partial charge is 0.302 e. The van der Waals surface area contributed by atoms with Gasteiger partial charge in [-0.3, -0.25) is 10.1 Å². The summed E-state index contributed by atoms with van der Waals surface area (Å²) in [6.07, 6.45) is 11.0. The van der Waals surface area contributed by atoms with Gasteiger partial charge in [0.2, 0.25) is 11.0 Å². The van der Waals surface area contributed by atoms with Crippen molar-refractivity contribution in [3.63, 3.8) is 0 Å². The third-order valence-electron chi connectivity index (χ3n) is 6.31. The second-order valence-electron chi connectivity index (χ2n) is 8.43. The van der Waals surface area contributed by atoms with Crippen molar-refractivity contribution in [2.24, 2.45) is 0 Å². The topological polar surface area (TPSA) is 85.6 Å². The highest BCUT2D eigenvalue weighted by Crippen LogP contribution is 2.37. The number of amides is 1. The Morgan fingerprint density at radius 2 is 1.97 bits per heavy atom. The van der Waals surface area contributed by atoms with Gasteiger partial charge in [0.15, 0.2) is 11.0 Å². The molecule has 10 heteroatoms. The lowest BCUT2D eigenvalue weighted by Crippen LogP contribution is -2.14. The molecule has 0 bridgehead atoms. The molecule has 170 valence electrons. The predicted molar refractivity (Wildman–Crippen MR) is 131 cm³/mol. The fraction of sp³-hybridized carbons (Fsp3) is 0.591. The number of thiophene rings is 1. The van der Waals surface area contributed by atoms with Gasteiger partial charge in [0.1, 0.15) is 5.01 Å². The molecule has 0 radical (unpaired) electrons. The Kier molecular flexibility index (Phi) is 6.89. The van der Waals surface area contributed by atoms with Crippen molar-refractivity contribution in [3.8, 4) is 11.4 Å². The van der Waals surface area contributed by atoms with Gasteiger partial charge in [0, 0.05) is 28.3 Å². The smallest absolute Gasteiger partial charge is 0.236 e. The van der Waals surface area contributed by atoms with Crippen LogP contribution in [0.5, 0.6) is 0 Å². The van der Waals surface area contributed by atoms with Crippen molar-refractivity contribution in [2.75, 3.05) is 11.1 Å². The van der Waals surface area contributed by atoms with Crippen LogP contribution in [0, 0.1) is 0 Å². The summed E-state index contributed by atoms with van der Waals surface area (Å²) in [5, 5.41) is 25.0.